The Morgan fingerprint density at radius 3 is 0.857 bits per heavy atom. The molecule has 0 saturated carbocycles. The van der Waals surface area contributed by atoms with Crippen molar-refractivity contribution >= 4 is 0 Å². The lowest BCUT2D eigenvalue weighted by Gasteiger charge is -2.10. The Balaban J connectivity index is 0.000000140. The molecule has 0 aliphatic carbocycles. The molecule has 0 N–H and O–H groups in total. The first-order valence-electron chi connectivity index (χ1n) is 4.75. The minimum atomic E-state index is 1.03. The average Bonchev–Trinajstić information content (AvgIpc) is 2.63. The fourth-order valence-electron chi connectivity index (χ4n) is 1.35. The predicted molar refractivity (Wildman–Crippen MR) is 59.1 cm³/mol. The standard InChI is InChI=1S/2C5H10N2/c2*1-6-3-4-7(2)5-6/h2*3-4H,5H2,1-2H3. The summed E-state index contributed by atoms with van der Waals surface area (Å²) in [4.78, 5) is 8.50. The molecule has 0 amide bonds. The fraction of sp³-hybridized carbons (Fsp3) is 0.600. The Labute approximate surface area is 86.7 Å². The van der Waals surface area contributed by atoms with E-state index in [1.54, 1.807) is 0 Å². The third-order valence-corrected chi connectivity index (χ3v) is 2.04. The maximum atomic E-state index is 2.12. The Hall–Kier alpha value is -1.32. The molecule has 4 heteroatoms. The van der Waals surface area contributed by atoms with Gasteiger partial charge in [0.25, 0.3) is 0 Å². The van der Waals surface area contributed by atoms with Gasteiger partial charge in [0, 0.05) is 53.0 Å². The number of hydrogen-bond donors (Lipinski definition) is 0. The topological polar surface area (TPSA) is 13.0 Å². The molecule has 0 aromatic rings. The lowest BCUT2D eigenvalue weighted by molar-refractivity contribution is 0.340. The van der Waals surface area contributed by atoms with Gasteiger partial charge in [0.2, 0.25) is 0 Å². The SMILES string of the molecule is CN1C=CN(C)C1.CN1C=CN(C)C1. The quantitative estimate of drug-likeness (QED) is 0.562. The number of nitrogens with zero attached hydrogens (tertiary/aromatic N) is 4. The molecule has 2 aliphatic heterocycles. The highest BCUT2D eigenvalue weighted by molar-refractivity contribution is 4.86. The summed E-state index contributed by atoms with van der Waals surface area (Å²) in [5.41, 5.74) is 0. The lowest BCUT2D eigenvalue weighted by atomic mass is 10.9. The van der Waals surface area contributed by atoms with Crippen molar-refractivity contribution in [1.82, 2.24) is 19.6 Å². The number of hydrogen-bond acceptors (Lipinski definition) is 4. The smallest absolute Gasteiger partial charge is 0.0887 e. The van der Waals surface area contributed by atoms with Crippen LogP contribution in [0.2, 0.25) is 0 Å². The van der Waals surface area contributed by atoms with Crippen molar-refractivity contribution in [3.05, 3.63) is 24.8 Å². The molecular weight excluding hydrogens is 176 g/mol. The summed E-state index contributed by atoms with van der Waals surface area (Å²) in [6, 6.07) is 0. The van der Waals surface area contributed by atoms with Crippen LogP contribution in [0.4, 0.5) is 0 Å². The van der Waals surface area contributed by atoms with Gasteiger partial charge in [-0.15, -0.1) is 0 Å². The maximum Gasteiger partial charge on any atom is 0.0887 e. The van der Waals surface area contributed by atoms with Crippen molar-refractivity contribution < 1.29 is 0 Å². The summed E-state index contributed by atoms with van der Waals surface area (Å²) >= 11 is 0. The summed E-state index contributed by atoms with van der Waals surface area (Å²) in [5, 5.41) is 0. The van der Waals surface area contributed by atoms with Gasteiger partial charge < -0.3 is 19.6 Å². The van der Waals surface area contributed by atoms with Crippen LogP contribution in [0.15, 0.2) is 24.8 Å². The van der Waals surface area contributed by atoms with Crippen molar-refractivity contribution in [1.29, 1.82) is 0 Å². The van der Waals surface area contributed by atoms with E-state index >= 15 is 0 Å². The van der Waals surface area contributed by atoms with Crippen LogP contribution < -0.4 is 0 Å². The molecule has 0 spiro atoms. The van der Waals surface area contributed by atoms with Crippen molar-refractivity contribution in [3.8, 4) is 0 Å². The van der Waals surface area contributed by atoms with Crippen molar-refractivity contribution in [2.24, 2.45) is 0 Å². The van der Waals surface area contributed by atoms with Crippen LogP contribution in [0, 0.1) is 0 Å². The monoisotopic (exact) mass is 196 g/mol. The Kier molecular flexibility index (Phi) is 3.68. The zero-order valence-corrected chi connectivity index (χ0v) is 9.51. The highest BCUT2D eigenvalue weighted by Crippen LogP contribution is 1.98. The van der Waals surface area contributed by atoms with E-state index in [2.05, 4.69) is 72.6 Å². The Morgan fingerprint density at radius 1 is 0.571 bits per heavy atom. The van der Waals surface area contributed by atoms with E-state index in [9.17, 15) is 0 Å². The second-order valence-electron chi connectivity index (χ2n) is 3.91. The molecule has 4 nitrogen and oxygen atoms in total. The van der Waals surface area contributed by atoms with Gasteiger partial charge in [-0.05, 0) is 0 Å². The van der Waals surface area contributed by atoms with Crippen LogP contribution in [0.1, 0.15) is 0 Å². The summed E-state index contributed by atoms with van der Waals surface area (Å²) < 4.78 is 0. The summed E-state index contributed by atoms with van der Waals surface area (Å²) in [6.45, 7) is 2.06. The summed E-state index contributed by atoms with van der Waals surface area (Å²) in [7, 11) is 8.22. The first kappa shape index (κ1) is 10.8. The molecule has 0 atom stereocenters. The van der Waals surface area contributed by atoms with Gasteiger partial charge >= 0.3 is 0 Å². The van der Waals surface area contributed by atoms with E-state index in [0.29, 0.717) is 0 Å². The van der Waals surface area contributed by atoms with Crippen molar-refractivity contribution in [2.45, 2.75) is 0 Å². The van der Waals surface area contributed by atoms with Crippen LogP contribution in [-0.4, -0.2) is 61.1 Å². The average molecular weight is 196 g/mol. The van der Waals surface area contributed by atoms with Crippen LogP contribution in [-0.2, 0) is 0 Å². The molecule has 0 radical (unpaired) electrons. The third-order valence-electron chi connectivity index (χ3n) is 2.04. The van der Waals surface area contributed by atoms with Crippen LogP contribution in [0.5, 0.6) is 0 Å². The molecule has 0 bridgehead atoms. The maximum absolute atomic E-state index is 2.12. The van der Waals surface area contributed by atoms with E-state index in [-0.39, 0.29) is 0 Å². The van der Waals surface area contributed by atoms with Gasteiger partial charge in [-0.25, -0.2) is 0 Å². The van der Waals surface area contributed by atoms with Gasteiger partial charge in [0.1, 0.15) is 0 Å². The minimum Gasteiger partial charge on any atom is -0.362 e. The normalized spacial score (nSPS) is 19.1. The minimum absolute atomic E-state index is 1.03. The number of rotatable bonds is 0. The van der Waals surface area contributed by atoms with Gasteiger partial charge in [-0.2, -0.15) is 0 Å². The van der Waals surface area contributed by atoms with E-state index in [1.165, 1.54) is 0 Å². The summed E-state index contributed by atoms with van der Waals surface area (Å²) in [5.74, 6) is 0. The fourth-order valence-corrected chi connectivity index (χ4v) is 1.35. The van der Waals surface area contributed by atoms with Crippen LogP contribution >= 0.6 is 0 Å². The zero-order chi connectivity index (χ0) is 10.6. The second-order valence-corrected chi connectivity index (χ2v) is 3.91. The summed E-state index contributed by atoms with van der Waals surface area (Å²) in [6.07, 6.45) is 8.22. The van der Waals surface area contributed by atoms with E-state index < -0.39 is 0 Å². The van der Waals surface area contributed by atoms with E-state index in [1.807, 2.05) is 0 Å². The highest BCUT2D eigenvalue weighted by Gasteiger charge is 2.00. The molecule has 0 fully saturated rings. The van der Waals surface area contributed by atoms with Gasteiger partial charge in [0.05, 0.1) is 13.3 Å². The van der Waals surface area contributed by atoms with E-state index in [0.717, 1.165) is 13.3 Å². The van der Waals surface area contributed by atoms with Crippen LogP contribution in [0.25, 0.3) is 0 Å². The molecule has 2 rings (SSSR count). The van der Waals surface area contributed by atoms with Crippen molar-refractivity contribution in [2.75, 3.05) is 41.5 Å². The van der Waals surface area contributed by atoms with Crippen molar-refractivity contribution in [3.63, 3.8) is 0 Å². The first-order chi connectivity index (χ1) is 6.58. The first-order valence-corrected chi connectivity index (χ1v) is 4.75. The third kappa shape index (κ3) is 3.60. The van der Waals surface area contributed by atoms with E-state index in [4.69, 9.17) is 0 Å². The molecule has 14 heavy (non-hydrogen) atoms. The zero-order valence-electron chi connectivity index (χ0n) is 9.51. The van der Waals surface area contributed by atoms with Gasteiger partial charge in [-0.3, -0.25) is 0 Å². The van der Waals surface area contributed by atoms with Crippen LogP contribution in [0.3, 0.4) is 0 Å². The predicted octanol–water partition coefficient (Wildman–Crippen LogP) is 0.585. The molecule has 0 saturated heterocycles. The molecule has 2 aliphatic rings. The second kappa shape index (κ2) is 4.79. The molecule has 0 aromatic carbocycles. The molecule has 80 valence electrons. The largest absolute Gasteiger partial charge is 0.362 e. The Bertz CT molecular complexity index is 180. The van der Waals surface area contributed by atoms with Gasteiger partial charge in [-0.1, -0.05) is 0 Å². The molecular formula is C10H20N4. The molecule has 0 unspecified atom stereocenters. The van der Waals surface area contributed by atoms with Gasteiger partial charge in [0.15, 0.2) is 0 Å². The highest BCUT2D eigenvalue weighted by atomic mass is 15.3. The lowest BCUT2D eigenvalue weighted by Crippen LogP contribution is -2.17. The molecule has 0 aromatic heterocycles. The molecule has 2 heterocycles. The Morgan fingerprint density at radius 2 is 0.786 bits per heavy atom.